The lowest BCUT2D eigenvalue weighted by molar-refractivity contribution is 0.318. The SMILES string of the molecule is COc1ccc(Oc2nccc(/C(N)=N/O)c2Cl)c(Br)c1. The zero-order valence-electron chi connectivity index (χ0n) is 10.9. The molecule has 1 heterocycles. The summed E-state index contributed by atoms with van der Waals surface area (Å²) < 4.78 is 11.4. The molecule has 21 heavy (non-hydrogen) atoms. The smallest absolute Gasteiger partial charge is 0.238 e. The number of pyridine rings is 1. The average molecular weight is 373 g/mol. The van der Waals surface area contributed by atoms with Crippen molar-refractivity contribution in [2.45, 2.75) is 0 Å². The van der Waals surface area contributed by atoms with Gasteiger partial charge in [0.25, 0.3) is 0 Å². The third-order valence-corrected chi connectivity index (χ3v) is 3.57. The van der Waals surface area contributed by atoms with Gasteiger partial charge in [-0.3, -0.25) is 0 Å². The molecule has 0 aliphatic carbocycles. The van der Waals surface area contributed by atoms with Crippen molar-refractivity contribution in [1.29, 1.82) is 0 Å². The molecule has 2 aromatic rings. The number of halogens is 2. The first kappa shape index (κ1) is 15.4. The average Bonchev–Trinajstić information content (AvgIpc) is 2.50. The Labute approximate surface area is 134 Å². The second-order valence-electron chi connectivity index (χ2n) is 3.86. The molecule has 0 saturated carbocycles. The maximum atomic E-state index is 8.72. The minimum absolute atomic E-state index is 0.124. The largest absolute Gasteiger partial charge is 0.497 e. The summed E-state index contributed by atoms with van der Waals surface area (Å²) in [6.07, 6.45) is 1.45. The van der Waals surface area contributed by atoms with Crippen LogP contribution >= 0.6 is 27.5 Å². The molecule has 0 unspecified atom stereocenters. The number of nitrogens with zero attached hydrogens (tertiary/aromatic N) is 2. The molecule has 0 aliphatic heterocycles. The van der Waals surface area contributed by atoms with Crippen molar-refractivity contribution in [3.05, 3.63) is 45.5 Å². The lowest BCUT2D eigenvalue weighted by Crippen LogP contribution is -2.14. The van der Waals surface area contributed by atoms with Crippen LogP contribution in [-0.2, 0) is 0 Å². The van der Waals surface area contributed by atoms with E-state index in [1.807, 2.05) is 0 Å². The van der Waals surface area contributed by atoms with Gasteiger partial charge in [0.05, 0.1) is 11.6 Å². The molecule has 8 heteroatoms. The third-order valence-electron chi connectivity index (χ3n) is 2.59. The highest BCUT2D eigenvalue weighted by molar-refractivity contribution is 9.10. The zero-order valence-corrected chi connectivity index (χ0v) is 13.2. The van der Waals surface area contributed by atoms with Gasteiger partial charge in [-0.15, -0.1) is 0 Å². The number of hydrogen-bond acceptors (Lipinski definition) is 5. The Kier molecular flexibility index (Phi) is 4.87. The Bertz CT molecular complexity index is 694. The van der Waals surface area contributed by atoms with Crippen LogP contribution in [0, 0.1) is 0 Å². The van der Waals surface area contributed by atoms with E-state index < -0.39 is 0 Å². The fraction of sp³-hybridized carbons (Fsp3) is 0.0769. The van der Waals surface area contributed by atoms with Crippen molar-refractivity contribution in [2.24, 2.45) is 10.9 Å². The van der Waals surface area contributed by atoms with Gasteiger partial charge in [-0.1, -0.05) is 16.8 Å². The maximum absolute atomic E-state index is 8.72. The Hall–Kier alpha value is -1.99. The fourth-order valence-corrected chi connectivity index (χ4v) is 2.23. The molecule has 0 aliphatic rings. The first-order chi connectivity index (χ1) is 10.1. The lowest BCUT2D eigenvalue weighted by atomic mass is 10.2. The topological polar surface area (TPSA) is 90.0 Å². The predicted octanol–water partition coefficient (Wildman–Crippen LogP) is 3.39. The molecule has 0 spiro atoms. The van der Waals surface area contributed by atoms with Crippen molar-refractivity contribution in [1.82, 2.24) is 4.98 Å². The first-order valence-corrected chi connectivity index (χ1v) is 6.87. The van der Waals surface area contributed by atoms with Crippen LogP contribution in [0.4, 0.5) is 0 Å². The van der Waals surface area contributed by atoms with Crippen LogP contribution in [0.2, 0.25) is 5.02 Å². The van der Waals surface area contributed by atoms with Gasteiger partial charge in [-0.2, -0.15) is 0 Å². The van der Waals surface area contributed by atoms with E-state index in [0.717, 1.165) is 0 Å². The molecule has 1 aromatic heterocycles. The molecule has 2 rings (SSSR count). The summed E-state index contributed by atoms with van der Waals surface area (Å²) in [7, 11) is 1.57. The summed E-state index contributed by atoms with van der Waals surface area (Å²) in [4.78, 5) is 4.04. The molecular formula is C13H11BrClN3O3. The standard InChI is InChI=1S/C13H11BrClN3O3/c1-20-7-2-3-10(9(14)6-7)21-13-11(15)8(4-5-17-13)12(16)18-19/h2-6,19H,1H3,(H2,16,18). The fourth-order valence-electron chi connectivity index (χ4n) is 1.54. The number of aromatic nitrogens is 1. The third kappa shape index (κ3) is 3.37. The van der Waals surface area contributed by atoms with Crippen molar-refractivity contribution in [3.63, 3.8) is 0 Å². The second-order valence-corrected chi connectivity index (χ2v) is 5.09. The first-order valence-electron chi connectivity index (χ1n) is 5.70. The Morgan fingerprint density at radius 1 is 1.43 bits per heavy atom. The quantitative estimate of drug-likeness (QED) is 0.371. The van der Waals surface area contributed by atoms with Crippen LogP contribution in [0.15, 0.2) is 40.1 Å². The van der Waals surface area contributed by atoms with E-state index >= 15 is 0 Å². The lowest BCUT2D eigenvalue weighted by Gasteiger charge is -2.11. The summed E-state index contributed by atoms with van der Waals surface area (Å²) in [5.41, 5.74) is 5.86. The highest BCUT2D eigenvalue weighted by Crippen LogP contribution is 2.35. The number of amidine groups is 1. The second kappa shape index (κ2) is 6.64. The van der Waals surface area contributed by atoms with Gasteiger partial charge in [0.1, 0.15) is 16.5 Å². The van der Waals surface area contributed by atoms with Gasteiger partial charge in [0.2, 0.25) is 5.88 Å². The number of hydrogen-bond donors (Lipinski definition) is 2. The molecule has 0 amide bonds. The molecule has 0 radical (unpaired) electrons. The van der Waals surface area contributed by atoms with Gasteiger partial charge in [0.15, 0.2) is 5.84 Å². The van der Waals surface area contributed by atoms with E-state index in [9.17, 15) is 0 Å². The molecule has 3 N–H and O–H groups in total. The van der Waals surface area contributed by atoms with Crippen LogP contribution in [0.3, 0.4) is 0 Å². The molecule has 0 fully saturated rings. The van der Waals surface area contributed by atoms with Crippen molar-refractivity contribution in [3.8, 4) is 17.4 Å². The van der Waals surface area contributed by atoms with Crippen molar-refractivity contribution in [2.75, 3.05) is 7.11 Å². The monoisotopic (exact) mass is 371 g/mol. The summed E-state index contributed by atoms with van der Waals surface area (Å²) in [6.45, 7) is 0. The van der Waals surface area contributed by atoms with Gasteiger partial charge in [-0.25, -0.2) is 4.98 Å². The number of nitrogens with two attached hydrogens (primary N) is 1. The number of methoxy groups -OCH3 is 1. The summed E-state index contributed by atoms with van der Waals surface area (Å²) in [5, 5.41) is 11.8. The highest BCUT2D eigenvalue weighted by Gasteiger charge is 2.14. The van der Waals surface area contributed by atoms with E-state index in [2.05, 4.69) is 26.1 Å². The van der Waals surface area contributed by atoms with Crippen LogP contribution in [-0.4, -0.2) is 23.1 Å². The molecule has 0 atom stereocenters. The van der Waals surface area contributed by atoms with Crippen LogP contribution in [0.1, 0.15) is 5.56 Å². The van der Waals surface area contributed by atoms with Gasteiger partial charge in [0, 0.05) is 11.8 Å². The Balaban J connectivity index is 2.36. The van der Waals surface area contributed by atoms with Crippen molar-refractivity contribution < 1.29 is 14.7 Å². The van der Waals surface area contributed by atoms with Crippen LogP contribution in [0.25, 0.3) is 0 Å². The summed E-state index contributed by atoms with van der Waals surface area (Å²) in [5.74, 6) is 1.20. The zero-order chi connectivity index (χ0) is 15.4. The van der Waals surface area contributed by atoms with Gasteiger partial charge < -0.3 is 20.4 Å². The predicted molar refractivity (Wildman–Crippen MR) is 82.5 cm³/mol. The van der Waals surface area contributed by atoms with Crippen LogP contribution < -0.4 is 15.2 Å². The number of rotatable bonds is 4. The number of oxime groups is 1. The van der Waals surface area contributed by atoms with E-state index in [-0.39, 0.29) is 16.7 Å². The van der Waals surface area contributed by atoms with Gasteiger partial charge in [-0.05, 0) is 40.2 Å². The Morgan fingerprint density at radius 3 is 2.81 bits per heavy atom. The van der Waals surface area contributed by atoms with E-state index in [1.165, 1.54) is 12.3 Å². The van der Waals surface area contributed by atoms with Gasteiger partial charge >= 0.3 is 0 Å². The highest BCUT2D eigenvalue weighted by atomic mass is 79.9. The number of benzene rings is 1. The summed E-state index contributed by atoms with van der Waals surface area (Å²) in [6, 6.07) is 6.71. The normalized spacial score (nSPS) is 11.3. The Morgan fingerprint density at radius 2 is 2.19 bits per heavy atom. The van der Waals surface area contributed by atoms with E-state index in [1.54, 1.807) is 25.3 Å². The van der Waals surface area contributed by atoms with E-state index in [4.69, 9.17) is 32.0 Å². The molecule has 6 nitrogen and oxygen atoms in total. The molecular weight excluding hydrogens is 362 g/mol. The molecule has 1 aromatic carbocycles. The molecule has 110 valence electrons. The minimum atomic E-state index is -0.124. The number of ether oxygens (including phenoxy) is 2. The minimum Gasteiger partial charge on any atom is -0.497 e. The van der Waals surface area contributed by atoms with E-state index in [0.29, 0.717) is 21.5 Å². The molecule has 0 saturated heterocycles. The van der Waals surface area contributed by atoms with Crippen LogP contribution in [0.5, 0.6) is 17.4 Å². The summed E-state index contributed by atoms with van der Waals surface area (Å²) >= 11 is 9.51. The van der Waals surface area contributed by atoms with Crippen molar-refractivity contribution >= 4 is 33.4 Å². The molecule has 0 bridgehead atoms. The maximum Gasteiger partial charge on any atom is 0.238 e.